The predicted octanol–water partition coefficient (Wildman–Crippen LogP) is 3.35. The van der Waals surface area contributed by atoms with Gasteiger partial charge in [0.1, 0.15) is 12.4 Å². The van der Waals surface area contributed by atoms with Gasteiger partial charge in [-0.25, -0.2) is 0 Å². The molecule has 0 bridgehead atoms. The molecule has 0 atom stereocenters. The molecule has 0 saturated heterocycles. The van der Waals surface area contributed by atoms with Crippen LogP contribution in [0.1, 0.15) is 16.8 Å². The predicted molar refractivity (Wildman–Crippen MR) is 115 cm³/mol. The van der Waals surface area contributed by atoms with E-state index in [4.69, 9.17) is 4.74 Å². The Balaban J connectivity index is 0.00000312. The van der Waals surface area contributed by atoms with E-state index in [0.717, 1.165) is 18.3 Å². The second kappa shape index (κ2) is 10.3. The quantitative estimate of drug-likeness (QED) is 0.314. The minimum Gasteiger partial charge on any atom is -0.492 e. The van der Waals surface area contributed by atoms with Crippen LogP contribution in [0.15, 0.2) is 41.5 Å². The Kier molecular flexibility index (Phi) is 8.82. The number of ether oxygens (including phenoxy) is 1. The molecule has 6 heteroatoms. The number of hydrogen-bond donors (Lipinski definition) is 1. The summed E-state index contributed by atoms with van der Waals surface area (Å²) in [5.41, 5.74) is 3.68. The van der Waals surface area contributed by atoms with Crippen LogP contribution in [-0.4, -0.2) is 42.7 Å². The average Bonchev–Trinajstić information content (AvgIpc) is 2.91. The third-order valence-electron chi connectivity index (χ3n) is 3.87. The van der Waals surface area contributed by atoms with Crippen molar-refractivity contribution in [3.63, 3.8) is 0 Å². The van der Waals surface area contributed by atoms with E-state index in [1.807, 2.05) is 7.05 Å². The smallest absolute Gasteiger partial charge is 0.193 e. The van der Waals surface area contributed by atoms with Gasteiger partial charge >= 0.3 is 0 Å². The summed E-state index contributed by atoms with van der Waals surface area (Å²) < 4.78 is 7.95. The Bertz CT molecular complexity index is 676. The van der Waals surface area contributed by atoms with E-state index in [1.54, 1.807) is 7.05 Å². The van der Waals surface area contributed by atoms with Crippen LogP contribution < -0.4 is 10.1 Å². The Labute approximate surface area is 168 Å². The summed E-state index contributed by atoms with van der Waals surface area (Å²) in [6.45, 7) is 6.27. The maximum atomic E-state index is 5.83. The number of rotatable bonds is 6. The van der Waals surface area contributed by atoms with Crippen LogP contribution in [0.2, 0.25) is 0 Å². The highest BCUT2D eigenvalue weighted by atomic mass is 127. The Morgan fingerprint density at radius 3 is 2.48 bits per heavy atom. The number of aliphatic imine (C=N–C) groups is 1. The van der Waals surface area contributed by atoms with E-state index in [9.17, 15) is 0 Å². The van der Waals surface area contributed by atoms with Crippen LogP contribution in [0.5, 0.6) is 5.75 Å². The molecule has 0 saturated carbocycles. The van der Waals surface area contributed by atoms with Crippen molar-refractivity contribution < 1.29 is 4.74 Å². The maximum Gasteiger partial charge on any atom is 0.193 e. The molecule has 0 radical (unpaired) electrons. The SMILES string of the molecule is CN=C(NCCOc1cc(C)cc(C)c1)N(C)Cc1cccn1C.I. The first-order valence-corrected chi connectivity index (χ1v) is 8.22. The van der Waals surface area contributed by atoms with Gasteiger partial charge in [0.15, 0.2) is 5.96 Å². The summed E-state index contributed by atoms with van der Waals surface area (Å²) in [6.07, 6.45) is 2.05. The van der Waals surface area contributed by atoms with Crippen molar-refractivity contribution in [2.24, 2.45) is 12.0 Å². The largest absolute Gasteiger partial charge is 0.492 e. The molecular weight excluding hydrogens is 427 g/mol. The molecule has 1 heterocycles. The lowest BCUT2D eigenvalue weighted by Gasteiger charge is -2.22. The van der Waals surface area contributed by atoms with Crippen molar-refractivity contribution in [2.75, 3.05) is 27.2 Å². The number of nitrogens with one attached hydrogen (secondary N) is 1. The maximum absolute atomic E-state index is 5.83. The number of benzene rings is 1. The molecule has 0 unspecified atom stereocenters. The monoisotopic (exact) mass is 456 g/mol. The van der Waals surface area contributed by atoms with Gasteiger partial charge in [-0.15, -0.1) is 24.0 Å². The minimum absolute atomic E-state index is 0. The van der Waals surface area contributed by atoms with E-state index < -0.39 is 0 Å². The fraction of sp³-hybridized carbons (Fsp3) is 0.421. The highest BCUT2D eigenvalue weighted by Crippen LogP contribution is 2.15. The molecule has 1 aromatic carbocycles. The van der Waals surface area contributed by atoms with Crippen molar-refractivity contribution in [1.82, 2.24) is 14.8 Å². The summed E-state index contributed by atoms with van der Waals surface area (Å²) in [5, 5.41) is 3.34. The highest BCUT2D eigenvalue weighted by Gasteiger charge is 2.08. The van der Waals surface area contributed by atoms with E-state index in [1.165, 1.54) is 16.8 Å². The first-order chi connectivity index (χ1) is 11.5. The first kappa shape index (κ1) is 21.3. The van der Waals surface area contributed by atoms with E-state index in [2.05, 4.69) is 77.2 Å². The molecule has 0 spiro atoms. The summed E-state index contributed by atoms with van der Waals surface area (Å²) in [6, 6.07) is 10.4. The fourth-order valence-electron chi connectivity index (χ4n) is 2.71. The second-order valence-electron chi connectivity index (χ2n) is 6.11. The van der Waals surface area contributed by atoms with Gasteiger partial charge in [0.05, 0.1) is 13.1 Å². The molecule has 2 aromatic rings. The van der Waals surface area contributed by atoms with Crippen LogP contribution in [0.25, 0.3) is 0 Å². The molecule has 2 rings (SSSR count). The molecule has 25 heavy (non-hydrogen) atoms. The Hall–Kier alpha value is -1.70. The third kappa shape index (κ3) is 6.61. The van der Waals surface area contributed by atoms with Crippen molar-refractivity contribution in [2.45, 2.75) is 20.4 Å². The first-order valence-electron chi connectivity index (χ1n) is 8.22. The van der Waals surface area contributed by atoms with Crippen molar-refractivity contribution in [1.29, 1.82) is 0 Å². The number of aromatic nitrogens is 1. The topological polar surface area (TPSA) is 41.8 Å². The molecule has 5 nitrogen and oxygen atoms in total. The zero-order chi connectivity index (χ0) is 17.5. The van der Waals surface area contributed by atoms with Gasteiger partial charge in [-0.05, 0) is 49.2 Å². The van der Waals surface area contributed by atoms with Gasteiger partial charge in [-0.2, -0.15) is 0 Å². The molecule has 0 fully saturated rings. The molecule has 1 N–H and O–H groups in total. The summed E-state index contributed by atoms with van der Waals surface area (Å²) in [5.74, 6) is 1.78. The van der Waals surface area contributed by atoms with Crippen LogP contribution in [-0.2, 0) is 13.6 Å². The van der Waals surface area contributed by atoms with Crippen molar-refractivity contribution >= 4 is 29.9 Å². The molecule has 138 valence electrons. The standard InChI is InChI=1S/C19H28N4O.HI/c1-15-11-16(2)13-18(12-15)24-10-8-21-19(20-3)23(5)14-17-7-6-9-22(17)4;/h6-7,9,11-13H,8,10,14H2,1-5H3,(H,20,21);1H. The van der Waals surface area contributed by atoms with E-state index >= 15 is 0 Å². The Morgan fingerprint density at radius 1 is 1.24 bits per heavy atom. The number of halogens is 1. The van der Waals surface area contributed by atoms with Crippen LogP contribution >= 0.6 is 24.0 Å². The summed E-state index contributed by atoms with van der Waals surface area (Å²) in [4.78, 5) is 6.44. The van der Waals surface area contributed by atoms with Crippen molar-refractivity contribution in [3.8, 4) is 5.75 Å². The van der Waals surface area contributed by atoms with Gasteiger partial charge in [0, 0.05) is 33.0 Å². The number of guanidine groups is 1. The van der Waals surface area contributed by atoms with Gasteiger partial charge in [0.2, 0.25) is 0 Å². The normalized spacial score (nSPS) is 11.0. The molecule has 0 aliphatic rings. The minimum atomic E-state index is 0. The molecular formula is C19H29IN4O. The van der Waals surface area contributed by atoms with Gasteiger partial charge in [-0.3, -0.25) is 4.99 Å². The summed E-state index contributed by atoms with van der Waals surface area (Å²) in [7, 11) is 5.89. The molecule has 1 aromatic heterocycles. The fourth-order valence-corrected chi connectivity index (χ4v) is 2.71. The third-order valence-corrected chi connectivity index (χ3v) is 3.87. The lowest BCUT2D eigenvalue weighted by atomic mass is 10.1. The number of aryl methyl sites for hydroxylation is 3. The number of nitrogens with zero attached hydrogens (tertiary/aromatic N) is 3. The second-order valence-corrected chi connectivity index (χ2v) is 6.11. The average molecular weight is 456 g/mol. The zero-order valence-corrected chi connectivity index (χ0v) is 18.1. The van der Waals surface area contributed by atoms with E-state index in [-0.39, 0.29) is 24.0 Å². The molecule has 0 amide bonds. The van der Waals surface area contributed by atoms with Crippen LogP contribution in [0, 0.1) is 13.8 Å². The molecule has 0 aliphatic heterocycles. The van der Waals surface area contributed by atoms with Crippen LogP contribution in [0.4, 0.5) is 0 Å². The lowest BCUT2D eigenvalue weighted by Crippen LogP contribution is -2.40. The van der Waals surface area contributed by atoms with Gasteiger partial charge in [-0.1, -0.05) is 6.07 Å². The Morgan fingerprint density at radius 2 is 1.92 bits per heavy atom. The highest BCUT2D eigenvalue weighted by molar-refractivity contribution is 14.0. The van der Waals surface area contributed by atoms with Gasteiger partial charge < -0.3 is 19.5 Å². The summed E-state index contributed by atoms with van der Waals surface area (Å²) >= 11 is 0. The lowest BCUT2D eigenvalue weighted by molar-refractivity contribution is 0.318. The van der Waals surface area contributed by atoms with E-state index in [0.29, 0.717) is 13.2 Å². The zero-order valence-electron chi connectivity index (χ0n) is 15.7. The number of hydrogen-bond acceptors (Lipinski definition) is 2. The van der Waals surface area contributed by atoms with Crippen LogP contribution in [0.3, 0.4) is 0 Å². The van der Waals surface area contributed by atoms with Gasteiger partial charge in [0.25, 0.3) is 0 Å². The van der Waals surface area contributed by atoms with Crippen molar-refractivity contribution in [3.05, 3.63) is 53.3 Å². The molecule has 0 aliphatic carbocycles.